The average molecular weight is 370 g/mol. The summed E-state index contributed by atoms with van der Waals surface area (Å²) < 4.78 is 5.33. The van der Waals surface area contributed by atoms with Crippen molar-refractivity contribution in [2.75, 3.05) is 0 Å². The van der Waals surface area contributed by atoms with Crippen molar-refractivity contribution >= 4 is 35.1 Å². The number of carboxylic acids is 1. The van der Waals surface area contributed by atoms with Crippen molar-refractivity contribution in [1.82, 2.24) is 5.32 Å². The van der Waals surface area contributed by atoms with Crippen LogP contribution in [0.3, 0.4) is 0 Å². The van der Waals surface area contributed by atoms with Gasteiger partial charge in [0.05, 0.1) is 6.54 Å². The number of hydrogen-bond donors (Lipinski definition) is 2. The Labute approximate surface area is 149 Å². The van der Waals surface area contributed by atoms with Crippen LogP contribution in [0.5, 0.6) is 0 Å². The minimum atomic E-state index is -1.06. The highest BCUT2D eigenvalue weighted by Gasteiger charge is 2.17. The van der Waals surface area contributed by atoms with Crippen molar-refractivity contribution in [3.8, 4) is 0 Å². The van der Waals surface area contributed by atoms with Crippen molar-refractivity contribution in [2.24, 2.45) is 5.92 Å². The zero-order valence-electron chi connectivity index (χ0n) is 13.2. The molecule has 24 heavy (non-hydrogen) atoms. The first-order chi connectivity index (χ1) is 11.3. The molecule has 1 aromatic heterocycles. The molecule has 7 heteroatoms. The molecule has 0 saturated carbocycles. The Kier molecular flexibility index (Phi) is 5.91. The predicted molar refractivity (Wildman–Crippen MR) is 91.6 cm³/mol. The molecular weight excluding hydrogens is 353 g/mol. The maximum absolute atomic E-state index is 12.2. The summed E-state index contributed by atoms with van der Waals surface area (Å²) in [5, 5.41) is 12.8. The SMILES string of the molecule is Cc1oc(CNC(=O)C(C)Cc2ccc(Cl)cc2Cl)cc1C(=O)O. The van der Waals surface area contributed by atoms with Gasteiger partial charge in [-0.1, -0.05) is 36.2 Å². The zero-order chi connectivity index (χ0) is 17.9. The highest BCUT2D eigenvalue weighted by Crippen LogP contribution is 2.23. The molecule has 0 saturated heterocycles. The third kappa shape index (κ3) is 4.52. The Morgan fingerprint density at radius 1 is 1.29 bits per heavy atom. The Hall–Kier alpha value is -1.98. The summed E-state index contributed by atoms with van der Waals surface area (Å²) in [6.07, 6.45) is 0.472. The molecule has 0 bridgehead atoms. The monoisotopic (exact) mass is 369 g/mol. The first-order valence-corrected chi connectivity index (χ1v) is 8.07. The summed E-state index contributed by atoms with van der Waals surface area (Å²) in [6.45, 7) is 3.49. The van der Waals surface area contributed by atoms with E-state index in [4.69, 9.17) is 32.7 Å². The topological polar surface area (TPSA) is 79.5 Å². The van der Waals surface area contributed by atoms with Crippen LogP contribution in [-0.2, 0) is 17.8 Å². The fourth-order valence-electron chi connectivity index (χ4n) is 2.30. The van der Waals surface area contributed by atoms with E-state index in [9.17, 15) is 9.59 Å². The summed E-state index contributed by atoms with van der Waals surface area (Å²) in [6, 6.07) is 6.58. The van der Waals surface area contributed by atoms with E-state index in [1.54, 1.807) is 32.0 Å². The molecule has 5 nitrogen and oxygen atoms in total. The normalized spacial score (nSPS) is 12.0. The van der Waals surface area contributed by atoms with Crippen LogP contribution < -0.4 is 5.32 Å². The molecule has 128 valence electrons. The van der Waals surface area contributed by atoms with Gasteiger partial charge in [0.2, 0.25) is 5.91 Å². The Morgan fingerprint density at radius 3 is 2.58 bits per heavy atom. The first kappa shape index (κ1) is 18.4. The molecule has 0 aliphatic rings. The molecule has 2 aromatic rings. The summed E-state index contributed by atoms with van der Waals surface area (Å²) in [5.74, 6) is -0.826. The number of carbonyl (C=O) groups excluding carboxylic acids is 1. The van der Waals surface area contributed by atoms with Crippen molar-refractivity contribution in [2.45, 2.75) is 26.8 Å². The third-order valence-electron chi connectivity index (χ3n) is 3.62. The van der Waals surface area contributed by atoms with E-state index in [1.807, 2.05) is 0 Å². The average Bonchev–Trinajstić information content (AvgIpc) is 2.88. The zero-order valence-corrected chi connectivity index (χ0v) is 14.7. The first-order valence-electron chi connectivity index (χ1n) is 7.32. The molecule has 1 atom stereocenters. The smallest absolute Gasteiger partial charge is 0.339 e. The van der Waals surface area contributed by atoms with Gasteiger partial charge in [-0.25, -0.2) is 4.79 Å². The van der Waals surface area contributed by atoms with Crippen LogP contribution in [0, 0.1) is 12.8 Å². The van der Waals surface area contributed by atoms with Crippen molar-refractivity contribution < 1.29 is 19.1 Å². The second-order valence-electron chi connectivity index (χ2n) is 5.55. The number of nitrogens with one attached hydrogen (secondary N) is 1. The van der Waals surface area contributed by atoms with Crippen LogP contribution in [0.15, 0.2) is 28.7 Å². The van der Waals surface area contributed by atoms with E-state index < -0.39 is 5.97 Å². The van der Waals surface area contributed by atoms with Crippen LogP contribution in [0.4, 0.5) is 0 Å². The lowest BCUT2D eigenvalue weighted by atomic mass is 10.0. The summed E-state index contributed by atoms with van der Waals surface area (Å²) in [7, 11) is 0. The number of aromatic carboxylic acids is 1. The van der Waals surface area contributed by atoms with Gasteiger partial charge in [-0.2, -0.15) is 0 Å². The Morgan fingerprint density at radius 2 is 2.00 bits per heavy atom. The number of amides is 1. The van der Waals surface area contributed by atoms with Gasteiger partial charge in [-0.15, -0.1) is 0 Å². The molecule has 1 heterocycles. The molecule has 0 fully saturated rings. The molecule has 2 N–H and O–H groups in total. The third-order valence-corrected chi connectivity index (χ3v) is 4.21. The van der Waals surface area contributed by atoms with Crippen molar-refractivity contribution in [3.05, 3.63) is 57.0 Å². The lowest BCUT2D eigenvalue weighted by molar-refractivity contribution is -0.124. The summed E-state index contributed by atoms with van der Waals surface area (Å²) in [4.78, 5) is 23.2. The molecule has 2 rings (SSSR count). The van der Waals surface area contributed by atoms with Crippen molar-refractivity contribution in [3.63, 3.8) is 0 Å². The second-order valence-corrected chi connectivity index (χ2v) is 6.39. The highest BCUT2D eigenvalue weighted by atomic mass is 35.5. The standard InChI is InChI=1S/C17H17Cl2NO4/c1-9(5-11-3-4-12(18)6-15(11)19)16(21)20-8-13-7-14(17(22)23)10(2)24-13/h3-4,6-7,9H,5,8H2,1-2H3,(H,20,21)(H,22,23). The summed E-state index contributed by atoms with van der Waals surface area (Å²) >= 11 is 12.0. The Balaban J connectivity index is 1.94. The maximum atomic E-state index is 12.2. The fraction of sp³-hybridized carbons (Fsp3) is 0.294. The van der Waals surface area contributed by atoms with E-state index in [0.717, 1.165) is 5.56 Å². The molecule has 1 aromatic carbocycles. The lowest BCUT2D eigenvalue weighted by Crippen LogP contribution is -2.29. The van der Waals surface area contributed by atoms with E-state index in [0.29, 0.717) is 28.0 Å². The molecular formula is C17H17Cl2NO4. The van der Waals surface area contributed by atoms with Crippen LogP contribution in [0.2, 0.25) is 10.0 Å². The number of halogens is 2. The lowest BCUT2D eigenvalue weighted by Gasteiger charge is -2.12. The number of carboxylic acid groups (broad SMARTS) is 1. The summed E-state index contributed by atoms with van der Waals surface area (Å²) in [5.41, 5.74) is 0.936. The van der Waals surface area contributed by atoms with Gasteiger partial charge < -0.3 is 14.8 Å². The second kappa shape index (κ2) is 7.73. The van der Waals surface area contributed by atoms with Gasteiger partial charge in [0.1, 0.15) is 17.1 Å². The van der Waals surface area contributed by atoms with Gasteiger partial charge in [-0.05, 0) is 37.1 Å². The minimum absolute atomic E-state index is 0.0974. The Bertz CT molecular complexity index is 770. The van der Waals surface area contributed by atoms with Gasteiger partial charge in [-0.3, -0.25) is 4.79 Å². The van der Waals surface area contributed by atoms with E-state index in [-0.39, 0.29) is 23.9 Å². The quantitative estimate of drug-likeness (QED) is 0.803. The number of hydrogen-bond acceptors (Lipinski definition) is 3. The molecule has 1 unspecified atom stereocenters. The van der Waals surface area contributed by atoms with E-state index >= 15 is 0 Å². The predicted octanol–water partition coefficient (Wildman–Crippen LogP) is 4.09. The minimum Gasteiger partial charge on any atom is -0.478 e. The fourth-order valence-corrected chi connectivity index (χ4v) is 2.79. The number of aryl methyl sites for hydroxylation is 1. The van der Waals surface area contributed by atoms with Crippen LogP contribution >= 0.6 is 23.2 Å². The number of carbonyl (C=O) groups is 2. The van der Waals surface area contributed by atoms with Crippen LogP contribution in [0.1, 0.15) is 34.4 Å². The molecule has 0 aliphatic carbocycles. The largest absolute Gasteiger partial charge is 0.478 e. The van der Waals surface area contributed by atoms with Gasteiger partial charge >= 0.3 is 5.97 Å². The van der Waals surface area contributed by atoms with Gasteiger partial charge in [0.15, 0.2) is 0 Å². The van der Waals surface area contributed by atoms with Crippen molar-refractivity contribution in [1.29, 1.82) is 0 Å². The van der Waals surface area contributed by atoms with Gasteiger partial charge in [0.25, 0.3) is 0 Å². The van der Waals surface area contributed by atoms with E-state index in [2.05, 4.69) is 5.32 Å². The van der Waals surface area contributed by atoms with Crippen LogP contribution in [0.25, 0.3) is 0 Å². The number of furan rings is 1. The molecule has 0 spiro atoms. The van der Waals surface area contributed by atoms with E-state index in [1.165, 1.54) is 6.07 Å². The molecule has 1 amide bonds. The highest BCUT2D eigenvalue weighted by molar-refractivity contribution is 6.35. The van der Waals surface area contributed by atoms with Crippen LogP contribution in [-0.4, -0.2) is 17.0 Å². The maximum Gasteiger partial charge on any atom is 0.339 e. The molecule has 0 aliphatic heterocycles. The van der Waals surface area contributed by atoms with Gasteiger partial charge in [0, 0.05) is 16.0 Å². The number of rotatable bonds is 6. The molecule has 0 radical (unpaired) electrons. The number of benzene rings is 1.